The van der Waals surface area contributed by atoms with Gasteiger partial charge in [-0.05, 0) is 116 Å². The van der Waals surface area contributed by atoms with Crippen molar-refractivity contribution in [2.45, 2.75) is 245 Å². The van der Waals surface area contributed by atoms with E-state index in [0.717, 1.165) is 128 Å². The summed E-state index contributed by atoms with van der Waals surface area (Å²) < 4.78 is 16.7. The molecule has 0 spiro atoms. The third-order valence-electron chi connectivity index (χ3n) is 12.2. The minimum atomic E-state index is -0.853. The third kappa shape index (κ3) is 61.5. The molecule has 6 heteroatoms. The van der Waals surface area contributed by atoms with Crippen molar-refractivity contribution >= 4 is 17.9 Å². The van der Waals surface area contributed by atoms with Crippen LogP contribution in [0.4, 0.5) is 0 Å². The lowest BCUT2D eigenvalue weighted by Crippen LogP contribution is -2.30. The number of rotatable bonds is 53. The van der Waals surface area contributed by atoms with E-state index < -0.39 is 12.1 Å². The molecule has 0 amide bonds. The molecular formula is C71H110O6. The first kappa shape index (κ1) is 71.8. The van der Waals surface area contributed by atoms with Crippen LogP contribution in [0.15, 0.2) is 170 Å². The first-order valence-electron chi connectivity index (χ1n) is 30.6. The summed E-state index contributed by atoms with van der Waals surface area (Å²) in [6.07, 6.45) is 93.8. The van der Waals surface area contributed by atoms with Gasteiger partial charge in [0.2, 0.25) is 0 Å². The lowest BCUT2D eigenvalue weighted by Gasteiger charge is -2.18. The van der Waals surface area contributed by atoms with E-state index in [1.807, 2.05) is 6.08 Å². The van der Waals surface area contributed by atoms with Gasteiger partial charge in [-0.15, -0.1) is 0 Å². The van der Waals surface area contributed by atoms with Crippen LogP contribution in [0.5, 0.6) is 0 Å². The van der Waals surface area contributed by atoms with E-state index in [4.69, 9.17) is 14.2 Å². The normalized spacial score (nSPS) is 13.3. The van der Waals surface area contributed by atoms with Gasteiger partial charge in [-0.25, -0.2) is 0 Å². The summed E-state index contributed by atoms with van der Waals surface area (Å²) in [6.45, 7) is 6.28. The van der Waals surface area contributed by atoms with Gasteiger partial charge in [-0.3, -0.25) is 14.4 Å². The van der Waals surface area contributed by atoms with E-state index in [1.165, 1.54) is 64.2 Å². The summed E-state index contributed by atoms with van der Waals surface area (Å²) >= 11 is 0. The number of carbonyl (C=O) groups excluding carboxylic acids is 3. The lowest BCUT2D eigenvalue weighted by atomic mass is 10.0. The predicted octanol–water partition coefficient (Wildman–Crippen LogP) is 21.1. The Bertz CT molecular complexity index is 1790. The molecule has 0 fully saturated rings. The van der Waals surface area contributed by atoms with Crippen LogP contribution in [0, 0.1) is 0 Å². The Morgan fingerprint density at radius 3 is 0.857 bits per heavy atom. The molecule has 0 saturated heterocycles. The highest BCUT2D eigenvalue weighted by Gasteiger charge is 2.19. The topological polar surface area (TPSA) is 78.9 Å². The first-order valence-corrected chi connectivity index (χ1v) is 30.6. The van der Waals surface area contributed by atoms with Crippen LogP contribution in [0.25, 0.3) is 0 Å². The van der Waals surface area contributed by atoms with Crippen molar-refractivity contribution in [1.29, 1.82) is 0 Å². The molecule has 0 saturated carbocycles. The molecule has 1 unspecified atom stereocenters. The standard InChI is InChI=1S/C71H110O6/c1-4-7-10-13-16-19-22-25-27-28-29-30-31-32-33-34-35-36-37-38-39-40-41-42-44-46-49-52-55-58-61-64-70(73)76-67-68(66-75-69(72)63-60-57-54-51-48-45-24-21-18-15-12-9-6-3)77-71(74)65-62-59-56-53-50-47-43-26-23-20-17-14-11-8-5-2/h7-8,10-11,16-17,19-20,25-27,29-30,32-33,35-36,38-39,41-43,46,49-50,53,59,62,68H,4-6,9,12-15,18,21-24,28,31,34,37,40,44-45,47-48,51-52,54-58,60-61,63-67H2,1-3H3/b10-7-,11-8-,19-16-,20-17-,27-25-,30-29-,33-32-,36-35-,39-38-,42-41-,43-26-,49-46-,53-50-,62-59-. The van der Waals surface area contributed by atoms with E-state index >= 15 is 0 Å². The number of esters is 3. The molecule has 0 aromatic rings. The van der Waals surface area contributed by atoms with Crippen LogP contribution in [-0.2, 0) is 28.6 Å². The number of unbranched alkanes of at least 4 members (excludes halogenated alkanes) is 15. The number of ether oxygens (including phenoxy) is 3. The van der Waals surface area contributed by atoms with Gasteiger partial charge >= 0.3 is 17.9 Å². The van der Waals surface area contributed by atoms with Crippen molar-refractivity contribution in [1.82, 2.24) is 0 Å². The van der Waals surface area contributed by atoms with Crippen molar-refractivity contribution in [3.05, 3.63) is 170 Å². The zero-order valence-corrected chi connectivity index (χ0v) is 49.1. The molecule has 0 radical (unpaired) electrons. The van der Waals surface area contributed by atoms with E-state index in [2.05, 4.69) is 179 Å². The van der Waals surface area contributed by atoms with Gasteiger partial charge in [0, 0.05) is 12.8 Å². The molecule has 6 nitrogen and oxygen atoms in total. The Labute approximate surface area is 472 Å². The maximum Gasteiger partial charge on any atom is 0.310 e. The fraction of sp³-hybridized carbons (Fsp3) is 0.563. The summed E-state index contributed by atoms with van der Waals surface area (Å²) in [5.41, 5.74) is 0. The Balaban J connectivity index is 4.46. The van der Waals surface area contributed by atoms with E-state index in [-0.39, 0.29) is 31.6 Å². The number of hydrogen-bond donors (Lipinski definition) is 0. The fourth-order valence-electron chi connectivity index (χ4n) is 7.74. The Kier molecular flexibility index (Phi) is 59.0. The van der Waals surface area contributed by atoms with Crippen molar-refractivity contribution < 1.29 is 28.6 Å². The maximum atomic E-state index is 12.8. The van der Waals surface area contributed by atoms with Crippen molar-refractivity contribution in [3.63, 3.8) is 0 Å². The quantitative estimate of drug-likeness (QED) is 0.0261. The molecule has 1 atom stereocenters. The largest absolute Gasteiger partial charge is 0.462 e. The minimum Gasteiger partial charge on any atom is -0.462 e. The number of allylic oxidation sites excluding steroid dienone is 27. The van der Waals surface area contributed by atoms with Crippen LogP contribution >= 0.6 is 0 Å². The minimum absolute atomic E-state index is 0.0826. The highest BCUT2D eigenvalue weighted by Crippen LogP contribution is 2.14. The summed E-state index contributed by atoms with van der Waals surface area (Å²) in [7, 11) is 0. The summed E-state index contributed by atoms with van der Waals surface area (Å²) in [5.74, 6) is -1.11. The Morgan fingerprint density at radius 2 is 0.545 bits per heavy atom. The molecule has 0 aromatic heterocycles. The Hall–Kier alpha value is -5.23. The fourth-order valence-corrected chi connectivity index (χ4v) is 7.74. The van der Waals surface area contributed by atoms with Crippen LogP contribution in [-0.4, -0.2) is 37.2 Å². The van der Waals surface area contributed by atoms with Crippen molar-refractivity contribution in [2.75, 3.05) is 13.2 Å². The molecule has 0 aliphatic heterocycles. The van der Waals surface area contributed by atoms with E-state index in [1.54, 1.807) is 6.08 Å². The van der Waals surface area contributed by atoms with Gasteiger partial charge in [0.25, 0.3) is 0 Å². The molecule has 0 aromatic carbocycles. The van der Waals surface area contributed by atoms with Crippen LogP contribution < -0.4 is 0 Å². The van der Waals surface area contributed by atoms with Crippen LogP contribution in [0.1, 0.15) is 239 Å². The molecule has 0 bridgehead atoms. The second-order valence-corrected chi connectivity index (χ2v) is 19.5. The number of hydrogen-bond acceptors (Lipinski definition) is 6. The first-order chi connectivity index (χ1) is 38.0. The smallest absolute Gasteiger partial charge is 0.310 e. The van der Waals surface area contributed by atoms with E-state index in [0.29, 0.717) is 19.3 Å². The van der Waals surface area contributed by atoms with Gasteiger partial charge in [-0.2, -0.15) is 0 Å². The summed E-state index contributed by atoms with van der Waals surface area (Å²) in [5, 5.41) is 0. The average Bonchev–Trinajstić information content (AvgIpc) is 3.43. The predicted molar refractivity (Wildman–Crippen MR) is 334 cm³/mol. The van der Waals surface area contributed by atoms with Gasteiger partial charge in [0.05, 0.1) is 6.42 Å². The van der Waals surface area contributed by atoms with Gasteiger partial charge in [0.1, 0.15) is 13.2 Å². The number of carbonyl (C=O) groups is 3. The SMILES string of the molecule is CC/C=C\C/C=C\C/C=C\C/C=C\C/C=C\C/C=C\C/C=C\C/C=C\C/C=C\CCCCCC(=O)OCC(COC(=O)CCCCCCCCCCCCCCC)OC(=O)C/C=C\C/C=C\C/C=C\C/C=C\C/C=C\CC. The molecule has 0 N–H and O–H groups in total. The lowest BCUT2D eigenvalue weighted by molar-refractivity contribution is -0.166. The van der Waals surface area contributed by atoms with Crippen LogP contribution in [0.3, 0.4) is 0 Å². The Morgan fingerprint density at radius 1 is 0.286 bits per heavy atom. The second kappa shape index (κ2) is 63.3. The highest BCUT2D eigenvalue weighted by atomic mass is 16.6. The van der Waals surface area contributed by atoms with Crippen LogP contribution in [0.2, 0.25) is 0 Å². The van der Waals surface area contributed by atoms with Crippen molar-refractivity contribution in [3.8, 4) is 0 Å². The maximum absolute atomic E-state index is 12.8. The second-order valence-electron chi connectivity index (χ2n) is 19.5. The zero-order valence-electron chi connectivity index (χ0n) is 49.1. The molecule has 77 heavy (non-hydrogen) atoms. The molecule has 0 heterocycles. The van der Waals surface area contributed by atoms with Gasteiger partial charge in [0.15, 0.2) is 6.10 Å². The molecule has 430 valence electrons. The molecule has 0 rings (SSSR count). The average molecular weight is 1060 g/mol. The monoisotopic (exact) mass is 1060 g/mol. The third-order valence-corrected chi connectivity index (χ3v) is 12.2. The molecular weight excluding hydrogens is 949 g/mol. The highest BCUT2D eigenvalue weighted by molar-refractivity contribution is 5.72. The zero-order chi connectivity index (χ0) is 55.7. The summed E-state index contributed by atoms with van der Waals surface area (Å²) in [4.78, 5) is 38.1. The summed E-state index contributed by atoms with van der Waals surface area (Å²) in [6, 6.07) is 0. The molecule has 0 aliphatic carbocycles. The van der Waals surface area contributed by atoms with E-state index in [9.17, 15) is 14.4 Å². The molecule has 0 aliphatic rings. The van der Waals surface area contributed by atoms with Crippen molar-refractivity contribution in [2.24, 2.45) is 0 Å². The van der Waals surface area contributed by atoms with Gasteiger partial charge < -0.3 is 14.2 Å². The van der Waals surface area contributed by atoms with Gasteiger partial charge in [-0.1, -0.05) is 274 Å².